The standard InChI is InChI=1S/C16H16ClN5O3/c1-24-12-8-11(13(25-2)7-10(12)17)19-16(23)18-9-15-21-20-14-5-3-4-6-22(14)15/h3-8H,9H2,1-2H3,(H2,18,19,23). The minimum absolute atomic E-state index is 0.212. The van der Waals surface area contributed by atoms with Crippen LogP contribution >= 0.6 is 11.6 Å². The summed E-state index contributed by atoms with van der Waals surface area (Å²) in [6.45, 7) is 0.212. The number of benzene rings is 1. The highest BCUT2D eigenvalue weighted by Gasteiger charge is 2.13. The topological polar surface area (TPSA) is 89.8 Å². The van der Waals surface area contributed by atoms with Crippen molar-refractivity contribution >= 4 is 29.0 Å². The second kappa shape index (κ2) is 7.27. The highest BCUT2D eigenvalue weighted by molar-refractivity contribution is 6.32. The van der Waals surface area contributed by atoms with Crippen LogP contribution in [0, 0.1) is 0 Å². The lowest BCUT2D eigenvalue weighted by Crippen LogP contribution is -2.29. The number of halogens is 1. The summed E-state index contributed by atoms with van der Waals surface area (Å²) in [4.78, 5) is 12.2. The molecule has 2 amide bonds. The van der Waals surface area contributed by atoms with E-state index in [2.05, 4.69) is 20.8 Å². The Morgan fingerprint density at radius 2 is 2.00 bits per heavy atom. The van der Waals surface area contributed by atoms with E-state index in [1.54, 1.807) is 16.5 Å². The minimum atomic E-state index is -0.421. The van der Waals surface area contributed by atoms with Crippen molar-refractivity contribution in [3.05, 3.63) is 47.4 Å². The Kier molecular flexibility index (Phi) is 4.90. The molecule has 0 aliphatic carbocycles. The average Bonchev–Trinajstić information content (AvgIpc) is 3.04. The molecule has 0 aliphatic heterocycles. The van der Waals surface area contributed by atoms with Crippen LogP contribution < -0.4 is 20.1 Å². The van der Waals surface area contributed by atoms with Gasteiger partial charge in [-0.15, -0.1) is 10.2 Å². The summed E-state index contributed by atoms with van der Waals surface area (Å²) in [6.07, 6.45) is 1.83. The maximum Gasteiger partial charge on any atom is 0.319 e. The molecular formula is C16H16ClN5O3. The summed E-state index contributed by atoms with van der Waals surface area (Å²) in [6, 6.07) is 8.31. The van der Waals surface area contributed by atoms with Gasteiger partial charge in [-0.25, -0.2) is 4.79 Å². The maximum absolute atomic E-state index is 12.2. The predicted molar refractivity (Wildman–Crippen MR) is 93.4 cm³/mol. The van der Waals surface area contributed by atoms with Gasteiger partial charge in [0.1, 0.15) is 11.5 Å². The van der Waals surface area contributed by atoms with Gasteiger partial charge in [0.2, 0.25) is 0 Å². The van der Waals surface area contributed by atoms with E-state index < -0.39 is 6.03 Å². The van der Waals surface area contributed by atoms with Gasteiger partial charge in [0.05, 0.1) is 31.5 Å². The van der Waals surface area contributed by atoms with E-state index in [1.165, 1.54) is 14.2 Å². The van der Waals surface area contributed by atoms with Gasteiger partial charge in [-0.2, -0.15) is 0 Å². The summed E-state index contributed by atoms with van der Waals surface area (Å²) in [7, 11) is 2.98. The number of aromatic nitrogens is 3. The monoisotopic (exact) mass is 361 g/mol. The van der Waals surface area contributed by atoms with Gasteiger partial charge in [0.25, 0.3) is 0 Å². The number of hydrogen-bond acceptors (Lipinski definition) is 5. The first-order valence-electron chi connectivity index (χ1n) is 7.37. The van der Waals surface area contributed by atoms with Crippen LogP contribution in [-0.2, 0) is 6.54 Å². The average molecular weight is 362 g/mol. The second-order valence-corrected chi connectivity index (χ2v) is 5.45. The molecule has 2 heterocycles. The molecule has 0 saturated carbocycles. The summed E-state index contributed by atoms with van der Waals surface area (Å²) in [5, 5.41) is 13.9. The SMILES string of the molecule is COc1cc(NC(=O)NCc2nnc3ccccn23)c(OC)cc1Cl. The van der Waals surface area contributed by atoms with Gasteiger partial charge in [-0.05, 0) is 12.1 Å². The molecule has 0 radical (unpaired) electrons. The van der Waals surface area contributed by atoms with Gasteiger partial charge in [-0.1, -0.05) is 17.7 Å². The third-order valence-electron chi connectivity index (χ3n) is 3.51. The summed E-state index contributed by atoms with van der Waals surface area (Å²) < 4.78 is 12.2. The van der Waals surface area contributed by atoms with E-state index in [1.807, 2.05) is 24.4 Å². The molecule has 130 valence electrons. The van der Waals surface area contributed by atoms with Crippen molar-refractivity contribution in [2.75, 3.05) is 19.5 Å². The van der Waals surface area contributed by atoms with Crippen LogP contribution in [-0.4, -0.2) is 34.8 Å². The number of anilines is 1. The van der Waals surface area contributed by atoms with Crippen molar-refractivity contribution in [1.29, 1.82) is 0 Å². The van der Waals surface area contributed by atoms with Crippen molar-refractivity contribution in [3.8, 4) is 11.5 Å². The zero-order valence-electron chi connectivity index (χ0n) is 13.6. The number of hydrogen-bond donors (Lipinski definition) is 2. The Morgan fingerprint density at radius 1 is 1.20 bits per heavy atom. The number of ether oxygens (including phenoxy) is 2. The predicted octanol–water partition coefficient (Wildman–Crippen LogP) is 2.72. The zero-order valence-corrected chi connectivity index (χ0v) is 14.4. The summed E-state index contributed by atoms with van der Waals surface area (Å²) in [5.74, 6) is 1.47. The normalized spacial score (nSPS) is 10.5. The lowest BCUT2D eigenvalue weighted by Gasteiger charge is -2.13. The molecule has 0 atom stereocenters. The van der Waals surface area contributed by atoms with Gasteiger partial charge < -0.3 is 20.1 Å². The van der Waals surface area contributed by atoms with Crippen LogP contribution in [0.5, 0.6) is 11.5 Å². The summed E-state index contributed by atoms with van der Waals surface area (Å²) in [5.41, 5.74) is 1.15. The van der Waals surface area contributed by atoms with Crippen molar-refractivity contribution in [2.45, 2.75) is 6.54 Å². The van der Waals surface area contributed by atoms with E-state index in [9.17, 15) is 4.79 Å². The van der Waals surface area contributed by atoms with Crippen molar-refractivity contribution in [1.82, 2.24) is 19.9 Å². The largest absolute Gasteiger partial charge is 0.495 e. The molecule has 0 aliphatic rings. The number of nitrogens with one attached hydrogen (secondary N) is 2. The first-order chi connectivity index (χ1) is 12.1. The number of pyridine rings is 1. The van der Waals surface area contributed by atoms with Crippen LogP contribution in [0.1, 0.15) is 5.82 Å². The lowest BCUT2D eigenvalue weighted by molar-refractivity contribution is 0.251. The smallest absolute Gasteiger partial charge is 0.319 e. The molecular weight excluding hydrogens is 346 g/mol. The molecule has 0 bridgehead atoms. The number of nitrogens with zero attached hydrogens (tertiary/aromatic N) is 3. The lowest BCUT2D eigenvalue weighted by atomic mass is 10.2. The Balaban J connectivity index is 1.70. The number of amides is 2. The molecule has 9 heteroatoms. The van der Waals surface area contributed by atoms with Crippen LogP contribution in [0.15, 0.2) is 36.5 Å². The molecule has 2 aromatic heterocycles. The maximum atomic E-state index is 12.2. The third kappa shape index (κ3) is 3.58. The zero-order chi connectivity index (χ0) is 17.8. The fourth-order valence-electron chi connectivity index (χ4n) is 2.30. The van der Waals surface area contributed by atoms with Crippen molar-refractivity contribution in [2.24, 2.45) is 0 Å². The molecule has 0 saturated heterocycles. The van der Waals surface area contributed by atoms with Gasteiger partial charge >= 0.3 is 6.03 Å². The van der Waals surface area contributed by atoms with Gasteiger partial charge in [0.15, 0.2) is 11.5 Å². The van der Waals surface area contributed by atoms with E-state index in [-0.39, 0.29) is 6.54 Å². The summed E-state index contributed by atoms with van der Waals surface area (Å²) >= 11 is 6.05. The number of carbonyl (C=O) groups excluding carboxylic acids is 1. The van der Waals surface area contributed by atoms with Gasteiger partial charge in [-0.3, -0.25) is 4.40 Å². The Morgan fingerprint density at radius 3 is 2.76 bits per heavy atom. The Hall–Kier alpha value is -3.00. The van der Waals surface area contributed by atoms with Crippen LogP contribution in [0.25, 0.3) is 5.65 Å². The number of urea groups is 1. The minimum Gasteiger partial charge on any atom is -0.495 e. The Labute approximate surface area is 148 Å². The van der Waals surface area contributed by atoms with E-state index in [0.717, 1.165) is 0 Å². The molecule has 0 unspecified atom stereocenters. The van der Waals surface area contributed by atoms with E-state index >= 15 is 0 Å². The molecule has 8 nitrogen and oxygen atoms in total. The van der Waals surface area contributed by atoms with Crippen molar-refractivity contribution < 1.29 is 14.3 Å². The highest BCUT2D eigenvalue weighted by atomic mass is 35.5. The molecule has 1 aromatic carbocycles. The molecule has 3 aromatic rings. The van der Waals surface area contributed by atoms with Gasteiger partial charge in [0, 0.05) is 18.3 Å². The third-order valence-corrected chi connectivity index (χ3v) is 3.81. The van der Waals surface area contributed by atoms with E-state index in [0.29, 0.717) is 33.7 Å². The molecule has 2 N–H and O–H groups in total. The first kappa shape index (κ1) is 16.8. The number of fused-ring (bicyclic) bond motifs is 1. The van der Waals surface area contributed by atoms with Crippen molar-refractivity contribution in [3.63, 3.8) is 0 Å². The van der Waals surface area contributed by atoms with Crippen LogP contribution in [0.2, 0.25) is 5.02 Å². The molecule has 25 heavy (non-hydrogen) atoms. The van der Waals surface area contributed by atoms with Crippen LogP contribution in [0.3, 0.4) is 0 Å². The second-order valence-electron chi connectivity index (χ2n) is 5.04. The number of methoxy groups -OCH3 is 2. The molecule has 3 rings (SSSR count). The van der Waals surface area contributed by atoms with E-state index in [4.69, 9.17) is 21.1 Å². The molecule has 0 spiro atoms. The fraction of sp³-hybridized carbons (Fsp3) is 0.188. The number of rotatable bonds is 5. The Bertz CT molecular complexity index is 912. The highest BCUT2D eigenvalue weighted by Crippen LogP contribution is 2.35. The number of carbonyl (C=O) groups is 1. The fourth-order valence-corrected chi connectivity index (χ4v) is 2.53. The quantitative estimate of drug-likeness (QED) is 0.729. The van der Waals surface area contributed by atoms with Crippen LogP contribution in [0.4, 0.5) is 10.5 Å². The molecule has 0 fully saturated rings. The first-order valence-corrected chi connectivity index (χ1v) is 7.75.